The van der Waals surface area contributed by atoms with Gasteiger partial charge in [-0.3, -0.25) is 0 Å². The largest absolute Gasteiger partial charge is 0.495 e. The highest BCUT2D eigenvalue weighted by Gasteiger charge is 2.38. The highest BCUT2D eigenvalue weighted by molar-refractivity contribution is 9.10. The average Bonchev–Trinajstić information content (AvgIpc) is 2.98. The lowest BCUT2D eigenvalue weighted by molar-refractivity contribution is 0.388. The Hall–Kier alpha value is -0.740. The number of halogens is 1. The Balaban J connectivity index is 2.31. The monoisotopic (exact) mass is 285 g/mol. The second kappa shape index (κ2) is 4.26. The fraction of sp³-hybridized carbons (Fsp3) is 0.500. The van der Waals surface area contributed by atoms with Crippen LogP contribution in [0.25, 0.3) is 0 Å². The first-order chi connectivity index (χ1) is 7.58. The standard InChI is InChI=1S/C12H16BrNO2/c1-15-9-5-8(7-12(14)3-4-12)6-10(16-2)11(9)13/h5-6H,3-4,7,14H2,1-2H3. The van der Waals surface area contributed by atoms with E-state index in [1.807, 2.05) is 12.1 Å². The highest BCUT2D eigenvalue weighted by atomic mass is 79.9. The minimum absolute atomic E-state index is 0.00382. The van der Waals surface area contributed by atoms with Crippen molar-refractivity contribution in [3.63, 3.8) is 0 Å². The summed E-state index contributed by atoms with van der Waals surface area (Å²) in [5.74, 6) is 1.58. The van der Waals surface area contributed by atoms with Gasteiger partial charge in [0.2, 0.25) is 0 Å². The van der Waals surface area contributed by atoms with Crippen molar-refractivity contribution in [2.24, 2.45) is 5.73 Å². The molecule has 1 aromatic rings. The summed E-state index contributed by atoms with van der Waals surface area (Å²) in [5, 5.41) is 0. The molecule has 0 spiro atoms. The fourth-order valence-electron chi connectivity index (χ4n) is 1.77. The Kier molecular flexibility index (Phi) is 3.13. The Morgan fingerprint density at radius 3 is 2.12 bits per heavy atom. The fourth-order valence-corrected chi connectivity index (χ4v) is 2.32. The van der Waals surface area contributed by atoms with Crippen molar-refractivity contribution in [1.29, 1.82) is 0 Å². The molecule has 0 saturated heterocycles. The van der Waals surface area contributed by atoms with Crippen molar-refractivity contribution < 1.29 is 9.47 Å². The summed E-state index contributed by atoms with van der Waals surface area (Å²) in [6.45, 7) is 0. The average molecular weight is 286 g/mol. The lowest BCUT2D eigenvalue weighted by Gasteiger charge is -2.14. The number of methoxy groups -OCH3 is 2. The molecule has 1 saturated carbocycles. The molecule has 3 nitrogen and oxygen atoms in total. The Labute approximate surface area is 104 Å². The molecule has 1 aliphatic carbocycles. The molecule has 0 unspecified atom stereocenters. The third-order valence-corrected chi connectivity index (χ3v) is 3.74. The molecule has 4 heteroatoms. The molecule has 0 atom stereocenters. The van der Waals surface area contributed by atoms with E-state index in [9.17, 15) is 0 Å². The summed E-state index contributed by atoms with van der Waals surface area (Å²) in [6, 6.07) is 4.03. The summed E-state index contributed by atoms with van der Waals surface area (Å²) in [6.07, 6.45) is 3.09. The Morgan fingerprint density at radius 1 is 1.25 bits per heavy atom. The zero-order valence-corrected chi connectivity index (χ0v) is 11.1. The summed E-state index contributed by atoms with van der Waals surface area (Å²) < 4.78 is 11.4. The van der Waals surface area contributed by atoms with E-state index in [2.05, 4.69) is 15.9 Å². The zero-order chi connectivity index (χ0) is 11.8. The van der Waals surface area contributed by atoms with Crippen LogP contribution in [0.2, 0.25) is 0 Å². The van der Waals surface area contributed by atoms with E-state index in [-0.39, 0.29) is 5.54 Å². The predicted molar refractivity (Wildman–Crippen MR) is 67.1 cm³/mol. The van der Waals surface area contributed by atoms with Crippen LogP contribution in [0.15, 0.2) is 16.6 Å². The van der Waals surface area contributed by atoms with Gasteiger partial charge in [-0.15, -0.1) is 0 Å². The molecule has 1 aromatic carbocycles. The quantitative estimate of drug-likeness (QED) is 0.925. The molecular formula is C12H16BrNO2. The molecule has 2 N–H and O–H groups in total. The van der Waals surface area contributed by atoms with Crippen LogP contribution < -0.4 is 15.2 Å². The van der Waals surface area contributed by atoms with E-state index in [1.165, 1.54) is 0 Å². The first-order valence-electron chi connectivity index (χ1n) is 5.27. The van der Waals surface area contributed by atoms with E-state index in [0.717, 1.165) is 40.8 Å². The van der Waals surface area contributed by atoms with Gasteiger partial charge in [-0.1, -0.05) is 0 Å². The summed E-state index contributed by atoms with van der Waals surface area (Å²) in [7, 11) is 3.30. The summed E-state index contributed by atoms with van der Waals surface area (Å²) in [5.41, 5.74) is 7.27. The number of hydrogen-bond donors (Lipinski definition) is 1. The molecule has 0 heterocycles. The molecule has 1 fully saturated rings. The maximum absolute atomic E-state index is 6.11. The lowest BCUT2D eigenvalue weighted by Crippen LogP contribution is -2.24. The van der Waals surface area contributed by atoms with Crippen molar-refractivity contribution in [2.45, 2.75) is 24.8 Å². The van der Waals surface area contributed by atoms with Crippen LogP contribution in [-0.2, 0) is 6.42 Å². The van der Waals surface area contributed by atoms with Gasteiger partial charge < -0.3 is 15.2 Å². The maximum Gasteiger partial charge on any atom is 0.137 e. The van der Waals surface area contributed by atoms with Gasteiger partial charge in [0.15, 0.2) is 0 Å². The van der Waals surface area contributed by atoms with Gasteiger partial charge >= 0.3 is 0 Å². The molecule has 0 aliphatic heterocycles. The second-order valence-electron chi connectivity index (χ2n) is 4.35. The van der Waals surface area contributed by atoms with Crippen LogP contribution in [0.5, 0.6) is 11.5 Å². The Morgan fingerprint density at radius 2 is 1.75 bits per heavy atom. The second-order valence-corrected chi connectivity index (χ2v) is 5.15. The van der Waals surface area contributed by atoms with E-state index in [0.29, 0.717) is 0 Å². The lowest BCUT2D eigenvalue weighted by atomic mass is 10.0. The highest BCUT2D eigenvalue weighted by Crippen LogP contribution is 2.40. The molecule has 1 aliphatic rings. The SMILES string of the molecule is COc1cc(CC2(N)CC2)cc(OC)c1Br. The van der Waals surface area contributed by atoms with Gasteiger partial charge in [0.25, 0.3) is 0 Å². The van der Waals surface area contributed by atoms with Crippen molar-refractivity contribution >= 4 is 15.9 Å². The predicted octanol–water partition coefficient (Wildman–Crippen LogP) is 2.50. The maximum atomic E-state index is 6.11. The minimum atomic E-state index is 0.00382. The number of hydrogen-bond acceptors (Lipinski definition) is 3. The van der Waals surface area contributed by atoms with Gasteiger partial charge in [0.1, 0.15) is 16.0 Å². The molecular weight excluding hydrogens is 270 g/mol. The van der Waals surface area contributed by atoms with Gasteiger partial charge in [0, 0.05) is 5.54 Å². The first kappa shape index (κ1) is 11.7. The topological polar surface area (TPSA) is 44.5 Å². The number of nitrogens with two attached hydrogens (primary N) is 1. The molecule has 2 rings (SSSR count). The van der Waals surface area contributed by atoms with Crippen molar-refractivity contribution in [3.8, 4) is 11.5 Å². The first-order valence-corrected chi connectivity index (χ1v) is 6.06. The third kappa shape index (κ3) is 2.33. The van der Waals surface area contributed by atoms with Crippen molar-refractivity contribution in [1.82, 2.24) is 0 Å². The van der Waals surface area contributed by atoms with Crippen molar-refractivity contribution in [2.75, 3.05) is 14.2 Å². The van der Waals surface area contributed by atoms with Crippen LogP contribution >= 0.6 is 15.9 Å². The number of rotatable bonds is 4. The van der Waals surface area contributed by atoms with Crippen LogP contribution in [0.1, 0.15) is 18.4 Å². The third-order valence-electron chi connectivity index (χ3n) is 2.95. The van der Waals surface area contributed by atoms with Gasteiger partial charge in [-0.05, 0) is 52.9 Å². The smallest absolute Gasteiger partial charge is 0.137 e. The summed E-state index contributed by atoms with van der Waals surface area (Å²) >= 11 is 3.45. The molecule has 0 amide bonds. The van der Waals surface area contributed by atoms with E-state index in [1.54, 1.807) is 14.2 Å². The molecule has 0 radical (unpaired) electrons. The van der Waals surface area contributed by atoms with Crippen LogP contribution in [0.4, 0.5) is 0 Å². The van der Waals surface area contributed by atoms with E-state index in [4.69, 9.17) is 15.2 Å². The molecule has 88 valence electrons. The molecule has 0 bridgehead atoms. The molecule has 0 aromatic heterocycles. The van der Waals surface area contributed by atoms with Gasteiger partial charge in [-0.2, -0.15) is 0 Å². The normalized spacial score (nSPS) is 17.0. The zero-order valence-electron chi connectivity index (χ0n) is 9.55. The van der Waals surface area contributed by atoms with Crippen LogP contribution in [0.3, 0.4) is 0 Å². The summed E-state index contributed by atoms with van der Waals surface area (Å²) in [4.78, 5) is 0. The molecule has 16 heavy (non-hydrogen) atoms. The van der Waals surface area contributed by atoms with E-state index >= 15 is 0 Å². The van der Waals surface area contributed by atoms with Crippen molar-refractivity contribution in [3.05, 3.63) is 22.2 Å². The van der Waals surface area contributed by atoms with Crippen LogP contribution in [0, 0.1) is 0 Å². The van der Waals surface area contributed by atoms with Gasteiger partial charge in [-0.25, -0.2) is 0 Å². The number of ether oxygens (including phenoxy) is 2. The minimum Gasteiger partial charge on any atom is -0.495 e. The Bertz CT molecular complexity index is 377. The van der Waals surface area contributed by atoms with Crippen LogP contribution in [-0.4, -0.2) is 19.8 Å². The number of benzene rings is 1. The van der Waals surface area contributed by atoms with Gasteiger partial charge in [0.05, 0.1) is 14.2 Å². The van der Waals surface area contributed by atoms with E-state index < -0.39 is 0 Å².